The molecule has 0 fully saturated rings. The molecular weight excluding hydrogens is 106 g/mol. The molecule has 0 aliphatic carbocycles. The SMILES string of the molecule is C=CC(N)CO[SiH3]. The summed E-state index contributed by atoms with van der Waals surface area (Å²) in [6, 6.07) is 0.0255. The van der Waals surface area contributed by atoms with E-state index in [1.807, 2.05) is 0 Å². The first-order valence-electron chi connectivity index (χ1n) is 2.18. The van der Waals surface area contributed by atoms with Gasteiger partial charge in [-0.25, -0.2) is 0 Å². The van der Waals surface area contributed by atoms with Gasteiger partial charge in [0.15, 0.2) is 0 Å². The molecule has 0 aromatic rings. The Balaban J connectivity index is 2.98. The maximum Gasteiger partial charge on any atom is 0.146 e. The highest BCUT2D eigenvalue weighted by molar-refractivity contribution is 5.97. The highest BCUT2D eigenvalue weighted by atomic mass is 28.2. The van der Waals surface area contributed by atoms with Crippen LogP contribution >= 0.6 is 0 Å². The summed E-state index contributed by atoms with van der Waals surface area (Å²) in [5.74, 6) is 0. The smallest absolute Gasteiger partial charge is 0.146 e. The Kier molecular flexibility index (Phi) is 3.98. The number of hydrogen-bond acceptors (Lipinski definition) is 2. The van der Waals surface area contributed by atoms with Gasteiger partial charge < -0.3 is 10.2 Å². The zero-order chi connectivity index (χ0) is 5.70. The highest BCUT2D eigenvalue weighted by Crippen LogP contribution is 1.76. The Morgan fingerprint density at radius 2 is 2.57 bits per heavy atom. The van der Waals surface area contributed by atoms with Crippen molar-refractivity contribution in [3.63, 3.8) is 0 Å². The van der Waals surface area contributed by atoms with Crippen LogP contribution in [0.4, 0.5) is 0 Å². The topological polar surface area (TPSA) is 35.2 Å². The summed E-state index contributed by atoms with van der Waals surface area (Å²) in [6.45, 7) is 4.11. The van der Waals surface area contributed by atoms with Gasteiger partial charge in [-0.1, -0.05) is 6.08 Å². The maximum atomic E-state index is 5.36. The summed E-state index contributed by atoms with van der Waals surface area (Å²) in [6.07, 6.45) is 1.68. The Hall–Kier alpha value is -0.123. The standard InChI is InChI=1S/C4H11NOSi/c1-2-4(5)3-6-7/h2,4H,1,3,5H2,7H3. The van der Waals surface area contributed by atoms with Crippen molar-refractivity contribution < 1.29 is 4.43 Å². The fourth-order valence-electron chi connectivity index (χ4n) is 0.260. The van der Waals surface area contributed by atoms with Crippen LogP contribution in [0.1, 0.15) is 0 Å². The van der Waals surface area contributed by atoms with Crippen molar-refractivity contribution >= 4 is 10.5 Å². The third-order valence-electron chi connectivity index (χ3n) is 0.662. The van der Waals surface area contributed by atoms with Gasteiger partial charge in [0.25, 0.3) is 0 Å². The lowest BCUT2D eigenvalue weighted by Gasteiger charge is -2.01. The minimum atomic E-state index is 0.0255. The first-order chi connectivity index (χ1) is 3.31. The van der Waals surface area contributed by atoms with Crippen LogP contribution in [0.25, 0.3) is 0 Å². The Morgan fingerprint density at radius 3 is 2.71 bits per heavy atom. The molecule has 0 saturated heterocycles. The van der Waals surface area contributed by atoms with Crippen molar-refractivity contribution in [3.05, 3.63) is 12.7 Å². The lowest BCUT2D eigenvalue weighted by molar-refractivity contribution is 0.336. The molecule has 0 amide bonds. The quantitative estimate of drug-likeness (QED) is 0.372. The third kappa shape index (κ3) is 3.71. The molecule has 0 aromatic heterocycles. The zero-order valence-corrected chi connectivity index (χ0v) is 6.55. The van der Waals surface area contributed by atoms with Crippen molar-refractivity contribution in [2.24, 2.45) is 5.73 Å². The molecule has 0 spiro atoms. The van der Waals surface area contributed by atoms with E-state index in [1.165, 1.54) is 0 Å². The van der Waals surface area contributed by atoms with Gasteiger partial charge in [0.05, 0.1) is 6.61 Å². The monoisotopic (exact) mass is 117 g/mol. The second-order valence-electron chi connectivity index (χ2n) is 1.35. The molecule has 0 saturated carbocycles. The molecule has 0 rings (SSSR count). The van der Waals surface area contributed by atoms with Gasteiger partial charge in [-0.3, -0.25) is 0 Å². The minimum Gasteiger partial charge on any atom is -0.426 e. The van der Waals surface area contributed by atoms with Crippen molar-refractivity contribution in [2.75, 3.05) is 6.61 Å². The molecule has 0 radical (unpaired) electrons. The average molecular weight is 117 g/mol. The molecule has 2 nitrogen and oxygen atoms in total. The van der Waals surface area contributed by atoms with Crippen LogP contribution in [0.2, 0.25) is 0 Å². The Bertz CT molecular complexity index is 57.7. The number of hydrogen-bond donors (Lipinski definition) is 1. The van der Waals surface area contributed by atoms with Gasteiger partial charge in [-0.05, 0) is 0 Å². The molecular formula is C4H11NOSi. The molecule has 0 aromatic carbocycles. The van der Waals surface area contributed by atoms with Crippen molar-refractivity contribution in [1.82, 2.24) is 0 Å². The van der Waals surface area contributed by atoms with Crippen LogP contribution in [0.5, 0.6) is 0 Å². The zero-order valence-electron chi connectivity index (χ0n) is 4.55. The van der Waals surface area contributed by atoms with E-state index in [-0.39, 0.29) is 6.04 Å². The molecule has 3 heteroatoms. The van der Waals surface area contributed by atoms with Gasteiger partial charge in [0, 0.05) is 6.04 Å². The van der Waals surface area contributed by atoms with Crippen LogP contribution in [-0.4, -0.2) is 23.1 Å². The first kappa shape index (κ1) is 6.88. The number of rotatable bonds is 3. The Labute approximate surface area is 46.9 Å². The summed E-state index contributed by atoms with van der Waals surface area (Å²) in [4.78, 5) is 0. The van der Waals surface area contributed by atoms with Gasteiger partial charge in [-0.15, -0.1) is 6.58 Å². The van der Waals surface area contributed by atoms with Crippen molar-refractivity contribution in [1.29, 1.82) is 0 Å². The van der Waals surface area contributed by atoms with Crippen LogP contribution in [0, 0.1) is 0 Å². The average Bonchev–Trinajstić information content (AvgIpc) is 1.68. The van der Waals surface area contributed by atoms with E-state index in [4.69, 9.17) is 10.2 Å². The largest absolute Gasteiger partial charge is 0.426 e. The van der Waals surface area contributed by atoms with Crippen molar-refractivity contribution in [2.45, 2.75) is 6.04 Å². The second-order valence-corrected chi connectivity index (χ2v) is 1.93. The predicted molar refractivity (Wildman–Crippen MR) is 34.1 cm³/mol. The van der Waals surface area contributed by atoms with Gasteiger partial charge in [-0.2, -0.15) is 0 Å². The van der Waals surface area contributed by atoms with E-state index in [2.05, 4.69) is 6.58 Å². The molecule has 0 heterocycles. The van der Waals surface area contributed by atoms with Crippen LogP contribution in [-0.2, 0) is 4.43 Å². The molecule has 1 atom stereocenters. The molecule has 7 heavy (non-hydrogen) atoms. The summed E-state index contributed by atoms with van der Waals surface area (Å²) >= 11 is 0. The summed E-state index contributed by atoms with van der Waals surface area (Å²) in [7, 11) is 0.764. The molecule has 42 valence electrons. The number of nitrogens with two attached hydrogens (primary N) is 1. The van der Waals surface area contributed by atoms with Crippen LogP contribution in [0.3, 0.4) is 0 Å². The maximum absolute atomic E-state index is 5.36. The fraction of sp³-hybridized carbons (Fsp3) is 0.500. The second kappa shape index (κ2) is 4.05. The molecule has 1 unspecified atom stereocenters. The first-order valence-corrected chi connectivity index (χ1v) is 3.00. The summed E-state index contributed by atoms with van der Waals surface area (Å²) in [5.41, 5.74) is 5.36. The van der Waals surface area contributed by atoms with Gasteiger partial charge in [0.1, 0.15) is 10.5 Å². The van der Waals surface area contributed by atoms with E-state index in [9.17, 15) is 0 Å². The van der Waals surface area contributed by atoms with E-state index in [1.54, 1.807) is 6.08 Å². The highest BCUT2D eigenvalue weighted by Gasteiger charge is 1.89. The van der Waals surface area contributed by atoms with E-state index >= 15 is 0 Å². The molecule has 0 aliphatic rings. The van der Waals surface area contributed by atoms with E-state index in [0.717, 1.165) is 10.5 Å². The van der Waals surface area contributed by atoms with Crippen LogP contribution < -0.4 is 5.73 Å². The minimum absolute atomic E-state index is 0.0255. The van der Waals surface area contributed by atoms with Gasteiger partial charge >= 0.3 is 0 Å². The van der Waals surface area contributed by atoms with Crippen molar-refractivity contribution in [3.8, 4) is 0 Å². The van der Waals surface area contributed by atoms with Crippen LogP contribution in [0.15, 0.2) is 12.7 Å². The fourth-order valence-corrected chi connectivity index (χ4v) is 0.645. The Morgan fingerprint density at radius 1 is 2.00 bits per heavy atom. The molecule has 2 N–H and O–H groups in total. The lowest BCUT2D eigenvalue weighted by atomic mass is 10.3. The third-order valence-corrected chi connectivity index (χ3v) is 0.995. The van der Waals surface area contributed by atoms with Gasteiger partial charge in [0.2, 0.25) is 0 Å². The lowest BCUT2D eigenvalue weighted by Crippen LogP contribution is -2.22. The normalized spacial score (nSPS) is 13.9. The van der Waals surface area contributed by atoms with E-state index < -0.39 is 0 Å². The van der Waals surface area contributed by atoms with E-state index in [0.29, 0.717) is 6.61 Å². The summed E-state index contributed by atoms with van der Waals surface area (Å²) < 4.78 is 4.84. The molecule has 0 aliphatic heterocycles. The predicted octanol–water partition coefficient (Wildman–Crippen LogP) is -1.20. The molecule has 0 bridgehead atoms. The summed E-state index contributed by atoms with van der Waals surface area (Å²) in [5, 5.41) is 0.